The molecule has 0 aliphatic rings. The molecular weight excluding hydrogens is 390 g/mol. The molecule has 0 saturated heterocycles. The molecule has 0 atom stereocenters. The number of nitrogens with one attached hydrogen (secondary N) is 1. The quantitative estimate of drug-likeness (QED) is 0.242. The fraction of sp³-hybridized carbons (Fsp3) is 0.308. The summed E-state index contributed by atoms with van der Waals surface area (Å²) in [5.41, 5.74) is 2.44. The second-order valence-corrected chi connectivity index (χ2v) is 7.98. The standard InChI is InChI=1S/C26H31NO2S/c1-2-3-4-5-6-13-19-27-25(28)18-20-30-26(29)24(23-16-11-8-12-17-23)21-22-14-9-7-10-15-22/h7-12,14-18,20-21H,2-6,13,19H2,1H3,(H,27,28)/b20-18-,24-21+. The fourth-order valence-corrected chi connectivity index (χ4v) is 3.61. The van der Waals surface area contributed by atoms with Crippen LogP contribution in [0.15, 0.2) is 72.1 Å². The molecule has 30 heavy (non-hydrogen) atoms. The van der Waals surface area contributed by atoms with Crippen molar-refractivity contribution in [3.8, 4) is 0 Å². The van der Waals surface area contributed by atoms with Crippen molar-refractivity contribution in [1.29, 1.82) is 0 Å². The van der Waals surface area contributed by atoms with E-state index in [-0.39, 0.29) is 11.0 Å². The van der Waals surface area contributed by atoms with Crippen LogP contribution in [0, 0.1) is 0 Å². The Morgan fingerprint density at radius 1 is 0.867 bits per heavy atom. The SMILES string of the molecule is CCCCCCCCNC(=O)/C=C\SC(=O)/C(=C/c1ccccc1)c1ccccc1. The zero-order valence-electron chi connectivity index (χ0n) is 17.7. The Morgan fingerprint density at radius 2 is 1.50 bits per heavy atom. The number of carbonyl (C=O) groups excluding carboxylic acids is 2. The van der Waals surface area contributed by atoms with Crippen molar-refractivity contribution in [2.24, 2.45) is 0 Å². The second kappa shape index (κ2) is 14.4. The molecule has 0 saturated carbocycles. The van der Waals surface area contributed by atoms with E-state index >= 15 is 0 Å². The molecule has 0 fully saturated rings. The van der Waals surface area contributed by atoms with E-state index in [1.807, 2.05) is 66.7 Å². The summed E-state index contributed by atoms with van der Waals surface area (Å²) >= 11 is 1.03. The van der Waals surface area contributed by atoms with E-state index in [0.29, 0.717) is 12.1 Å². The molecule has 1 N–H and O–H groups in total. The Morgan fingerprint density at radius 3 is 2.20 bits per heavy atom. The van der Waals surface area contributed by atoms with Gasteiger partial charge >= 0.3 is 0 Å². The minimum absolute atomic E-state index is 0.0926. The van der Waals surface area contributed by atoms with Crippen molar-refractivity contribution in [3.05, 3.63) is 83.3 Å². The normalized spacial score (nSPS) is 11.6. The molecule has 0 aliphatic carbocycles. The largest absolute Gasteiger partial charge is 0.353 e. The number of amides is 1. The van der Waals surface area contributed by atoms with Gasteiger partial charge in [0.25, 0.3) is 0 Å². The van der Waals surface area contributed by atoms with Gasteiger partial charge in [0.15, 0.2) is 0 Å². The number of unbranched alkanes of at least 4 members (excludes halogenated alkanes) is 5. The van der Waals surface area contributed by atoms with Crippen LogP contribution in [0.2, 0.25) is 0 Å². The predicted molar refractivity (Wildman–Crippen MR) is 129 cm³/mol. The number of carbonyl (C=O) groups is 2. The van der Waals surface area contributed by atoms with Crippen LogP contribution >= 0.6 is 11.8 Å². The summed E-state index contributed by atoms with van der Waals surface area (Å²) in [6.07, 6.45) is 10.5. The smallest absolute Gasteiger partial charge is 0.244 e. The van der Waals surface area contributed by atoms with Crippen molar-refractivity contribution < 1.29 is 9.59 Å². The van der Waals surface area contributed by atoms with E-state index in [9.17, 15) is 9.59 Å². The van der Waals surface area contributed by atoms with Gasteiger partial charge in [-0.25, -0.2) is 0 Å². The highest BCUT2D eigenvalue weighted by molar-refractivity contribution is 8.17. The average molecular weight is 422 g/mol. The summed E-state index contributed by atoms with van der Waals surface area (Å²) in [6.45, 7) is 2.88. The van der Waals surface area contributed by atoms with Crippen LogP contribution in [0.5, 0.6) is 0 Å². The summed E-state index contributed by atoms with van der Waals surface area (Å²) in [5.74, 6) is -0.155. The second-order valence-electron chi connectivity index (χ2n) is 7.10. The first-order valence-corrected chi connectivity index (χ1v) is 11.6. The Kier molecular flexibility index (Phi) is 11.4. The lowest BCUT2D eigenvalue weighted by atomic mass is 10.0. The zero-order valence-corrected chi connectivity index (χ0v) is 18.5. The molecule has 4 heteroatoms. The molecule has 0 heterocycles. The van der Waals surface area contributed by atoms with Crippen molar-refractivity contribution in [2.45, 2.75) is 45.4 Å². The molecule has 158 valence electrons. The van der Waals surface area contributed by atoms with Gasteiger partial charge in [0.05, 0.1) is 0 Å². The summed E-state index contributed by atoms with van der Waals surface area (Å²) in [6, 6.07) is 19.4. The monoisotopic (exact) mass is 421 g/mol. The molecule has 0 radical (unpaired) electrons. The number of hydrogen-bond donors (Lipinski definition) is 1. The van der Waals surface area contributed by atoms with Crippen LogP contribution in [-0.2, 0) is 9.59 Å². The van der Waals surface area contributed by atoms with Crippen molar-refractivity contribution in [1.82, 2.24) is 5.32 Å². The third-order valence-electron chi connectivity index (χ3n) is 4.64. The molecule has 3 nitrogen and oxygen atoms in total. The van der Waals surface area contributed by atoms with E-state index in [4.69, 9.17) is 0 Å². The third kappa shape index (κ3) is 9.27. The maximum Gasteiger partial charge on any atom is 0.244 e. The number of thioether (sulfide) groups is 1. The summed E-state index contributed by atoms with van der Waals surface area (Å²) in [4.78, 5) is 24.8. The maximum atomic E-state index is 12.8. The predicted octanol–water partition coefficient (Wildman–Crippen LogP) is 6.48. The number of rotatable bonds is 12. The van der Waals surface area contributed by atoms with Gasteiger partial charge in [-0.3, -0.25) is 9.59 Å². The molecule has 2 aromatic carbocycles. The molecule has 0 bridgehead atoms. The molecule has 2 rings (SSSR count). The van der Waals surface area contributed by atoms with Crippen LogP contribution in [-0.4, -0.2) is 17.6 Å². The van der Waals surface area contributed by atoms with E-state index in [0.717, 1.165) is 35.7 Å². The van der Waals surface area contributed by atoms with Crippen LogP contribution in [0.1, 0.15) is 56.6 Å². The van der Waals surface area contributed by atoms with Gasteiger partial charge in [0.1, 0.15) is 0 Å². The number of hydrogen-bond acceptors (Lipinski definition) is 3. The summed E-state index contributed by atoms with van der Waals surface area (Å²) < 4.78 is 0. The maximum absolute atomic E-state index is 12.8. The van der Waals surface area contributed by atoms with Crippen LogP contribution < -0.4 is 5.32 Å². The van der Waals surface area contributed by atoms with Gasteiger partial charge < -0.3 is 5.32 Å². The van der Waals surface area contributed by atoms with Gasteiger partial charge in [0, 0.05) is 18.2 Å². The zero-order chi connectivity index (χ0) is 21.4. The topological polar surface area (TPSA) is 46.2 Å². The Balaban J connectivity index is 1.87. The van der Waals surface area contributed by atoms with Gasteiger partial charge in [-0.15, -0.1) is 0 Å². The minimum Gasteiger partial charge on any atom is -0.353 e. The highest BCUT2D eigenvalue weighted by atomic mass is 32.2. The van der Waals surface area contributed by atoms with Gasteiger partial charge in [-0.1, -0.05) is 111 Å². The highest BCUT2D eigenvalue weighted by Crippen LogP contribution is 2.25. The Bertz CT molecular complexity index is 829. The highest BCUT2D eigenvalue weighted by Gasteiger charge is 2.12. The first-order chi connectivity index (χ1) is 14.7. The molecule has 0 spiro atoms. The Labute approximate surface area is 184 Å². The Hall–Kier alpha value is -2.59. The van der Waals surface area contributed by atoms with Crippen molar-refractivity contribution >= 4 is 34.4 Å². The van der Waals surface area contributed by atoms with Crippen LogP contribution in [0.3, 0.4) is 0 Å². The molecule has 2 aromatic rings. The number of benzene rings is 2. The van der Waals surface area contributed by atoms with Crippen molar-refractivity contribution in [2.75, 3.05) is 6.54 Å². The van der Waals surface area contributed by atoms with E-state index < -0.39 is 0 Å². The van der Waals surface area contributed by atoms with E-state index in [1.165, 1.54) is 31.8 Å². The van der Waals surface area contributed by atoms with Gasteiger partial charge in [-0.2, -0.15) is 0 Å². The fourth-order valence-electron chi connectivity index (χ4n) is 2.99. The lowest BCUT2D eigenvalue weighted by molar-refractivity contribution is -0.116. The van der Waals surface area contributed by atoms with Gasteiger partial charge in [0.2, 0.25) is 11.0 Å². The molecular formula is C26H31NO2S. The summed E-state index contributed by atoms with van der Waals surface area (Å²) in [5, 5.41) is 4.36. The van der Waals surface area contributed by atoms with Crippen LogP contribution in [0.4, 0.5) is 0 Å². The lowest BCUT2D eigenvalue weighted by Gasteiger charge is -2.06. The first-order valence-electron chi connectivity index (χ1n) is 10.7. The molecule has 0 aliphatic heterocycles. The summed E-state index contributed by atoms with van der Waals surface area (Å²) in [7, 11) is 0. The third-order valence-corrected chi connectivity index (χ3v) is 5.35. The van der Waals surface area contributed by atoms with E-state index in [2.05, 4.69) is 12.2 Å². The van der Waals surface area contributed by atoms with Crippen molar-refractivity contribution in [3.63, 3.8) is 0 Å². The van der Waals surface area contributed by atoms with Crippen LogP contribution in [0.25, 0.3) is 11.6 Å². The first kappa shape index (κ1) is 23.7. The minimum atomic E-state index is -0.155. The van der Waals surface area contributed by atoms with Gasteiger partial charge in [-0.05, 0) is 29.0 Å². The van der Waals surface area contributed by atoms with E-state index in [1.54, 1.807) is 5.41 Å². The molecule has 1 amide bonds. The lowest BCUT2D eigenvalue weighted by Crippen LogP contribution is -2.21. The molecule has 0 unspecified atom stereocenters. The average Bonchev–Trinajstić information content (AvgIpc) is 2.78. The molecule has 0 aromatic heterocycles.